The maximum absolute atomic E-state index is 12.0. The summed E-state index contributed by atoms with van der Waals surface area (Å²) < 4.78 is 0. The lowest BCUT2D eigenvalue weighted by Crippen LogP contribution is -3.18. The van der Waals surface area contributed by atoms with Gasteiger partial charge in [0.25, 0.3) is 5.91 Å². The Kier molecular flexibility index (Phi) is 4.24. The van der Waals surface area contributed by atoms with Gasteiger partial charge in [0, 0.05) is 12.0 Å². The standard InChI is InChI=1S/C15H25N3O2/c19-14(17-15(20)16-12-7-8-12)10-18-9-3-5-11-4-1-2-6-13(11)18/h11-13H,1-10H2,(H2,16,17,19,20)/p+1/t11-,13-/m1/s1. The zero-order valence-corrected chi connectivity index (χ0v) is 12.1. The Balaban J connectivity index is 1.47. The van der Waals surface area contributed by atoms with E-state index >= 15 is 0 Å². The fraction of sp³-hybridized carbons (Fsp3) is 0.867. The molecule has 0 aromatic heterocycles. The van der Waals surface area contributed by atoms with Gasteiger partial charge in [0.2, 0.25) is 0 Å². The summed E-state index contributed by atoms with van der Waals surface area (Å²) in [5, 5.41) is 5.28. The van der Waals surface area contributed by atoms with Crippen LogP contribution in [0.4, 0.5) is 4.79 Å². The second-order valence-corrected chi connectivity index (χ2v) is 6.67. The van der Waals surface area contributed by atoms with Gasteiger partial charge in [-0.3, -0.25) is 10.1 Å². The fourth-order valence-corrected chi connectivity index (χ4v) is 3.91. The van der Waals surface area contributed by atoms with E-state index in [0.29, 0.717) is 18.6 Å². The molecule has 5 nitrogen and oxygen atoms in total. The maximum atomic E-state index is 12.0. The lowest BCUT2D eigenvalue weighted by Gasteiger charge is -2.40. The molecule has 0 bridgehead atoms. The molecule has 3 rings (SSSR count). The van der Waals surface area contributed by atoms with Crippen LogP contribution in [0.3, 0.4) is 0 Å². The molecule has 2 saturated carbocycles. The summed E-state index contributed by atoms with van der Waals surface area (Å²) in [7, 11) is 0. The van der Waals surface area contributed by atoms with Crippen molar-refractivity contribution in [3.8, 4) is 0 Å². The lowest BCUT2D eigenvalue weighted by atomic mass is 9.78. The number of piperidine rings is 1. The Morgan fingerprint density at radius 3 is 2.55 bits per heavy atom. The molecule has 0 radical (unpaired) electrons. The lowest BCUT2D eigenvalue weighted by molar-refractivity contribution is -0.928. The van der Waals surface area contributed by atoms with E-state index in [-0.39, 0.29) is 11.9 Å². The molecule has 3 atom stereocenters. The molecule has 0 spiro atoms. The summed E-state index contributed by atoms with van der Waals surface area (Å²) in [5.41, 5.74) is 0. The predicted molar refractivity (Wildman–Crippen MR) is 75.4 cm³/mol. The molecule has 1 unspecified atom stereocenters. The topological polar surface area (TPSA) is 62.6 Å². The highest BCUT2D eigenvalue weighted by Gasteiger charge is 2.37. The summed E-state index contributed by atoms with van der Waals surface area (Å²) in [4.78, 5) is 25.0. The van der Waals surface area contributed by atoms with E-state index in [1.54, 1.807) is 0 Å². The maximum Gasteiger partial charge on any atom is 0.321 e. The molecule has 1 saturated heterocycles. The highest BCUT2D eigenvalue weighted by molar-refractivity contribution is 5.94. The molecule has 3 fully saturated rings. The average molecular weight is 280 g/mol. The van der Waals surface area contributed by atoms with Crippen LogP contribution in [0.5, 0.6) is 0 Å². The van der Waals surface area contributed by atoms with Crippen molar-refractivity contribution < 1.29 is 14.5 Å². The van der Waals surface area contributed by atoms with Gasteiger partial charge in [-0.25, -0.2) is 4.79 Å². The third-order valence-electron chi connectivity index (χ3n) is 5.06. The molecular weight excluding hydrogens is 254 g/mol. The van der Waals surface area contributed by atoms with Gasteiger partial charge in [-0.1, -0.05) is 6.42 Å². The fourth-order valence-electron chi connectivity index (χ4n) is 3.91. The van der Waals surface area contributed by atoms with E-state index in [2.05, 4.69) is 10.6 Å². The van der Waals surface area contributed by atoms with E-state index in [4.69, 9.17) is 0 Å². The Hall–Kier alpha value is -1.10. The van der Waals surface area contributed by atoms with Crippen molar-refractivity contribution in [1.82, 2.24) is 10.6 Å². The van der Waals surface area contributed by atoms with Gasteiger partial charge < -0.3 is 10.2 Å². The molecule has 3 N–H and O–H groups in total. The average Bonchev–Trinajstić information content (AvgIpc) is 3.22. The summed E-state index contributed by atoms with van der Waals surface area (Å²) in [6.45, 7) is 1.54. The Morgan fingerprint density at radius 2 is 1.75 bits per heavy atom. The van der Waals surface area contributed by atoms with E-state index in [1.807, 2.05) is 0 Å². The molecule has 1 heterocycles. The molecule has 3 aliphatic rings. The number of carbonyl (C=O) groups is 2. The molecule has 0 aromatic carbocycles. The van der Waals surface area contributed by atoms with Crippen molar-refractivity contribution in [1.29, 1.82) is 0 Å². The Labute approximate surface area is 120 Å². The molecule has 2 aliphatic carbocycles. The van der Waals surface area contributed by atoms with Crippen molar-refractivity contribution in [3.05, 3.63) is 0 Å². The zero-order valence-electron chi connectivity index (χ0n) is 12.1. The van der Waals surface area contributed by atoms with Gasteiger partial charge in [0.1, 0.15) is 0 Å². The van der Waals surface area contributed by atoms with Gasteiger partial charge in [-0.05, 0) is 44.9 Å². The number of hydrogen-bond acceptors (Lipinski definition) is 2. The quantitative estimate of drug-likeness (QED) is 0.692. The summed E-state index contributed by atoms with van der Waals surface area (Å²) in [5.74, 6) is 0.685. The number of carbonyl (C=O) groups excluding carboxylic acids is 2. The van der Waals surface area contributed by atoms with Gasteiger partial charge in [-0.2, -0.15) is 0 Å². The van der Waals surface area contributed by atoms with Crippen LogP contribution in [0.2, 0.25) is 0 Å². The smallest absolute Gasteiger partial charge is 0.321 e. The first-order valence-corrected chi connectivity index (χ1v) is 8.17. The van der Waals surface area contributed by atoms with Crippen LogP contribution in [0.1, 0.15) is 51.4 Å². The molecule has 3 amide bonds. The third-order valence-corrected chi connectivity index (χ3v) is 5.06. The number of amides is 3. The Bertz CT molecular complexity index is 379. The van der Waals surface area contributed by atoms with E-state index in [1.165, 1.54) is 43.4 Å². The predicted octanol–water partition coefficient (Wildman–Crippen LogP) is 0.212. The molecule has 0 aromatic rings. The first kappa shape index (κ1) is 13.9. The molecule has 5 heteroatoms. The minimum Gasteiger partial charge on any atom is -0.335 e. The monoisotopic (exact) mass is 280 g/mol. The number of likely N-dealkylation sites (tertiary alicyclic amines) is 1. The minimum absolute atomic E-state index is 0.121. The van der Waals surface area contributed by atoms with Gasteiger partial charge in [-0.15, -0.1) is 0 Å². The second kappa shape index (κ2) is 6.12. The molecular formula is C15H26N3O2+. The normalized spacial score (nSPS) is 33.1. The van der Waals surface area contributed by atoms with Crippen molar-refractivity contribution in [2.24, 2.45) is 5.92 Å². The Morgan fingerprint density at radius 1 is 1.00 bits per heavy atom. The van der Waals surface area contributed by atoms with Crippen molar-refractivity contribution >= 4 is 11.9 Å². The number of fused-ring (bicyclic) bond motifs is 1. The first-order chi connectivity index (χ1) is 9.72. The van der Waals surface area contributed by atoms with E-state index in [0.717, 1.165) is 25.3 Å². The number of imide groups is 1. The van der Waals surface area contributed by atoms with Crippen molar-refractivity contribution in [2.45, 2.75) is 63.5 Å². The van der Waals surface area contributed by atoms with Crippen LogP contribution in [0.25, 0.3) is 0 Å². The van der Waals surface area contributed by atoms with Gasteiger partial charge in [0.05, 0.1) is 12.6 Å². The largest absolute Gasteiger partial charge is 0.335 e. The molecule has 20 heavy (non-hydrogen) atoms. The minimum atomic E-state index is -0.311. The van der Waals surface area contributed by atoms with Crippen LogP contribution in [-0.2, 0) is 4.79 Å². The van der Waals surface area contributed by atoms with Gasteiger partial charge >= 0.3 is 6.03 Å². The van der Waals surface area contributed by atoms with Crippen molar-refractivity contribution in [2.75, 3.05) is 13.1 Å². The zero-order chi connectivity index (χ0) is 13.9. The van der Waals surface area contributed by atoms with Crippen LogP contribution in [0.15, 0.2) is 0 Å². The third kappa shape index (κ3) is 3.51. The van der Waals surface area contributed by atoms with E-state index < -0.39 is 0 Å². The number of urea groups is 1. The van der Waals surface area contributed by atoms with Gasteiger partial charge in [0.15, 0.2) is 6.54 Å². The van der Waals surface area contributed by atoms with Crippen LogP contribution >= 0.6 is 0 Å². The highest BCUT2D eigenvalue weighted by atomic mass is 16.2. The number of rotatable bonds is 3. The SMILES string of the molecule is O=C(C[NH+]1CCC[C@H]2CCCC[C@H]21)NC(=O)NC1CC1. The second-order valence-electron chi connectivity index (χ2n) is 6.67. The first-order valence-electron chi connectivity index (χ1n) is 8.17. The van der Waals surface area contributed by atoms with Crippen LogP contribution in [0, 0.1) is 5.92 Å². The number of hydrogen-bond donors (Lipinski definition) is 3. The van der Waals surface area contributed by atoms with Crippen LogP contribution in [-0.4, -0.2) is 37.1 Å². The summed E-state index contributed by atoms with van der Waals surface area (Å²) >= 11 is 0. The number of nitrogens with one attached hydrogen (secondary N) is 3. The van der Waals surface area contributed by atoms with Crippen LogP contribution < -0.4 is 15.5 Å². The highest BCUT2D eigenvalue weighted by Crippen LogP contribution is 2.28. The summed E-state index contributed by atoms with van der Waals surface area (Å²) in [6.07, 6.45) is 9.87. The number of quaternary nitrogens is 1. The summed E-state index contributed by atoms with van der Waals surface area (Å²) in [6, 6.07) is 0.636. The van der Waals surface area contributed by atoms with Crippen molar-refractivity contribution in [3.63, 3.8) is 0 Å². The molecule has 1 aliphatic heterocycles. The molecule has 112 valence electrons. The van der Waals surface area contributed by atoms with E-state index in [9.17, 15) is 9.59 Å².